The van der Waals surface area contributed by atoms with Crippen LogP contribution in [0.4, 0.5) is 11.4 Å². The molecule has 2 aliphatic rings. The lowest BCUT2D eigenvalue weighted by Gasteiger charge is -2.28. The number of hydrogen-bond donors (Lipinski definition) is 1. The van der Waals surface area contributed by atoms with Gasteiger partial charge in [-0.05, 0) is 31.7 Å². The molecule has 8 heteroatoms. The van der Waals surface area contributed by atoms with Crippen LogP contribution in [0.25, 0.3) is 0 Å². The lowest BCUT2D eigenvalue weighted by atomic mass is 10.1. The van der Waals surface area contributed by atoms with Crippen molar-refractivity contribution in [3.8, 4) is 0 Å². The molecule has 0 spiro atoms. The Morgan fingerprint density at radius 2 is 2.17 bits per heavy atom. The summed E-state index contributed by atoms with van der Waals surface area (Å²) >= 11 is 0. The average molecular weight is 333 g/mol. The Bertz CT molecular complexity index is 701. The Hall–Kier alpha value is -2.48. The maximum atomic E-state index is 12.7. The lowest BCUT2D eigenvalue weighted by Crippen LogP contribution is -2.47. The second-order valence-corrected chi connectivity index (χ2v) is 6.28. The molecule has 0 aromatic heterocycles. The number of carbonyl (C=O) groups excluding carboxylic acids is 1. The highest BCUT2D eigenvalue weighted by molar-refractivity contribution is 5.97. The van der Waals surface area contributed by atoms with Gasteiger partial charge in [0.1, 0.15) is 6.04 Å². The van der Waals surface area contributed by atoms with Gasteiger partial charge in [0.2, 0.25) is 5.91 Å². The van der Waals surface area contributed by atoms with E-state index < -0.39 is 16.9 Å². The maximum Gasteiger partial charge on any atom is 0.320 e. The number of carbonyl (C=O) groups is 2. The summed E-state index contributed by atoms with van der Waals surface area (Å²) in [5, 5.41) is 20.2. The number of anilines is 1. The fraction of sp³-hybridized carbons (Fsp3) is 0.500. The Morgan fingerprint density at radius 3 is 2.75 bits per heavy atom. The first kappa shape index (κ1) is 16.4. The lowest BCUT2D eigenvalue weighted by molar-refractivity contribution is -0.384. The van der Waals surface area contributed by atoms with Gasteiger partial charge in [0.25, 0.3) is 5.69 Å². The number of fused-ring (bicyclic) bond motifs is 1. The van der Waals surface area contributed by atoms with Crippen LogP contribution in [0.5, 0.6) is 0 Å². The van der Waals surface area contributed by atoms with E-state index in [1.165, 1.54) is 17.0 Å². The third-order valence-electron chi connectivity index (χ3n) is 4.66. The number of hydrogen-bond acceptors (Lipinski definition) is 5. The number of benzene rings is 1. The molecule has 0 radical (unpaired) electrons. The molecule has 1 saturated carbocycles. The van der Waals surface area contributed by atoms with Gasteiger partial charge < -0.3 is 10.0 Å². The third-order valence-corrected chi connectivity index (χ3v) is 4.66. The molecule has 1 fully saturated rings. The SMILES string of the molecule is CC(C(=O)O)N(CC(=O)N1CCc2ccc([N+](=O)[O-])cc21)C1CC1. The topological polar surface area (TPSA) is 104 Å². The normalized spacial score (nSPS) is 17.7. The summed E-state index contributed by atoms with van der Waals surface area (Å²) in [5.74, 6) is -1.17. The number of carboxylic acids is 1. The maximum absolute atomic E-state index is 12.7. The van der Waals surface area contributed by atoms with Gasteiger partial charge in [-0.3, -0.25) is 24.6 Å². The van der Waals surface area contributed by atoms with Crippen LogP contribution < -0.4 is 4.90 Å². The summed E-state index contributed by atoms with van der Waals surface area (Å²) in [6, 6.07) is 3.94. The van der Waals surface area contributed by atoms with E-state index in [2.05, 4.69) is 0 Å². The molecule has 1 unspecified atom stereocenters. The van der Waals surface area contributed by atoms with Crippen LogP contribution in [0.15, 0.2) is 18.2 Å². The minimum atomic E-state index is -0.952. The molecular formula is C16H19N3O5. The van der Waals surface area contributed by atoms with Gasteiger partial charge in [-0.1, -0.05) is 6.07 Å². The van der Waals surface area contributed by atoms with Crippen molar-refractivity contribution in [1.82, 2.24) is 4.90 Å². The second kappa shape index (κ2) is 6.20. The zero-order valence-corrected chi connectivity index (χ0v) is 13.3. The van der Waals surface area contributed by atoms with E-state index in [0.29, 0.717) is 18.7 Å². The zero-order valence-electron chi connectivity index (χ0n) is 13.3. The van der Waals surface area contributed by atoms with Crippen LogP contribution in [0.3, 0.4) is 0 Å². The highest BCUT2D eigenvalue weighted by Gasteiger charge is 2.38. The number of nitrogens with zero attached hydrogens (tertiary/aromatic N) is 3. The predicted octanol–water partition coefficient (Wildman–Crippen LogP) is 1.42. The number of aliphatic carboxylic acids is 1. The summed E-state index contributed by atoms with van der Waals surface area (Å²) in [4.78, 5) is 37.6. The summed E-state index contributed by atoms with van der Waals surface area (Å²) in [6.07, 6.45) is 2.44. The Balaban J connectivity index is 1.78. The van der Waals surface area contributed by atoms with Crippen molar-refractivity contribution >= 4 is 23.3 Å². The van der Waals surface area contributed by atoms with Crippen molar-refractivity contribution in [2.75, 3.05) is 18.0 Å². The smallest absolute Gasteiger partial charge is 0.320 e. The molecular weight excluding hydrogens is 314 g/mol. The van der Waals surface area contributed by atoms with Gasteiger partial charge in [-0.25, -0.2) is 0 Å². The van der Waals surface area contributed by atoms with Crippen LogP contribution in [-0.4, -0.2) is 52.0 Å². The number of nitro benzene ring substituents is 1. The summed E-state index contributed by atoms with van der Waals surface area (Å²) in [7, 11) is 0. The number of amides is 1. The van der Waals surface area contributed by atoms with Crippen LogP contribution in [0.1, 0.15) is 25.3 Å². The molecule has 3 rings (SSSR count). The zero-order chi connectivity index (χ0) is 17.4. The average Bonchev–Trinajstić information content (AvgIpc) is 3.29. The standard InChI is InChI=1S/C16H19N3O5/c1-10(16(21)22)18(12-4-5-12)9-15(20)17-7-6-11-2-3-13(19(23)24)8-14(11)17/h2-3,8,10,12H,4-7,9H2,1H3,(H,21,22). The van der Waals surface area contributed by atoms with E-state index in [9.17, 15) is 24.8 Å². The molecule has 128 valence electrons. The van der Waals surface area contributed by atoms with Gasteiger partial charge in [0.15, 0.2) is 0 Å². The number of carboxylic acid groups (broad SMARTS) is 1. The van der Waals surface area contributed by atoms with Gasteiger partial charge in [0.05, 0.1) is 17.2 Å². The van der Waals surface area contributed by atoms with E-state index in [0.717, 1.165) is 18.4 Å². The first-order valence-electron chi connectivity index (χ1n) is 7.94. The second-order valence-electron chi connectivity index (χ2n) is 6.28. The van der Waals surface area contributed by atoms with Crippen molar-refractivity contribution in [3.05, 3.63) is 33.9 Å². The minimum absolute atomic E-state index is 0.0142. The molecule has 24 heavy (non-hydrogen) atoms. The Labute approximate surface area is 138 Å². The Kier molecular flexibility index (Phi) is 4.23. The highest BCUT2D eigenvalue weighted by Crippen LogP contribution is 2.33. The van der Waals surface area contributed by atoms with Gasteiger partial charge >= 0.3 is 5.97 Å². The molecule has 1 N–H and O–H groups in total. The minimum Gasteiger partial charge on any atom is -0.480 e. The summed E-state index contributed by atoms with van der Waals surface area (Å²) in [5.41, 5.74) is 1.41. The summed E-state index contributed by atoms with van der Waals surface area (Å²) < 4.78 is 0. The van der Waals surface area contributed by atoms with Gasteiger partial charge in [0, 0.05) is 24.7 Å². The molecule has 0 saturated heterocycles. The van der Waals surface area contributed by atoms with E-state index in [1.54, 1.807) is 17.9 Å². The van der Waals surface area contributed by atoms with Crippen molar-refractivity contribution in [3.63, 3.8) is 0 Å². The Morgan fingerprint density at radius 1 is 1.46 bits per heavy atom. The molecule has 1 amide bonds. The van der Waals surface area contributed by atoms with Crippen LogP contribution in [0.2, 0.25) is 0 Å². The molecule has 1 heterocycles. The molecule has 1 aromatic rings. The fourth-order valence-electron chi connectivity index (χ4n) is 3.11. The van der Waals surface area contributed by atoms with E-state index >= 15 is 0 Å². The van der Waals surface area contributed by atoms with E-state index in [1.807, 2.05) is 0 Å². The molecule has 1 atom stereocenters. The highest BCUT2D eigenvalue weighted by atomic mass is 16.6. The largest absolute Gasteiger partial charge is 0.480 e. The number of nitro groups is 1. The predicted molar refractivity (Wildman–Crippen MR) is 86.0 cm³/mol. The molecule has 1 aliphatic heterocycles. The van der Waals surface area contributed by atoms with Crippen LogP contribution >= 0.6 is 0 Å². The first-order chi connectivity index (χ1) is 11.4. The van der Waals surface area contributed by atoms with Crippen molar-refractivity contribution in [1.29, 1.82) is 0 Å². The van der Waals surface area contributed by atoms with Crippen LogP contribution in [-0.2, 0) is 16.0 Å². The van der Waals surface area contributed by atoms with Crippen LogP contribution in [0, 0.1) is 10.1 Å². The monoisotopic (exact) mass is 333 g/mol. The molecule has 0 bridgehead atoms. The van der Waals surface area contributed by atoms with E-state index in [-0.39, 0.29) is 24.2 Å². The number of non-ortho nitro benzene ring substituents is 1. The van der Waals surface area contributed by atoms with Crippen molar-refractivity contribution < 1.29 is 19.6 Å². The quantitative estimate of drug-likeness (QED) is 0.624. The summed E-state index contributed by atoms with van der Waals surface area (Å²) in [6.45, 7) is 2.06. The number of rotatable bonds is 6. The molecule has 1 aliphatic carbocycles. The molecule has 8 nitrogen and oxygen atoms in total. The third kappa shape index (κ3) is 3.09. The van der Waals surface area contributed by atoms with Gasteiger partial charge in [-0.15, -0.1) is 0 Å². The van der Waals surface area contributed by atoms with Gasteiger partial charge in [-0.2, -0.15) is 0 Å². The van der Waals surface area contributed by atoms with E-state index in [4.69, 9.17) is 0 Å². The van der Waals surface area contributed by atoms with Crippen molar-refractivity contribution in [2.24, 2.45) is 0 Å². The fourth-order valence-corrected chi connectivity index (χ4v) is 3.11. The van der Waals surface area contributed by atoms with Crippen molar-refractivity contribution in [2.45, 2.75) is 38.3 Å². The molecule has 1 aromatic carbocycles. The first-order valence-corrected chi connectivity index (χ1v) is 7.94.